The van der Waals surface area contributed by atoms with Crippen molar-refractivity contribution in [3.63, 3.8) is 0 Å². The molecule has 1 fully saturated rings. The number of nitrogens with one attached hydrogen (secondary N) is 2. The van der Waals surface area contributed by atoms with Gasteiger partial charge in [0.25, 0.3) is 6.73 Å². The summed E-state index contributed by atoms with van der Waals surface area (Å²) in [6, 6.07) is 25.0. The normalized spacial score (nSPS) is 20.4. The third-order valence-electron chi connectivity index (χ3n) is 8.74. The average molecular weight is 538 g/mol. The van der Waals surface area contributed by atoms with Gasteiger partial charge in [-0.3, -0.25) is 4.79 Å². The second-order valence-electron chi connectivity index (χ2n) is 11.3. The number of ketones is 1. The highest BCUT2D eigenvalue weighted by Crippen LogP contribution is 2.39. The summed E-state index contributed by atoms with van der Waals surface area (Å²) in [5.74, 6) is 2.23. The summed E-state index contributed by atoms with van der Waals surface area (Å²) in [6.07, 6.45) is 6.17. The van der Waals surface area contributed by atoms with Crippen LogP contribution in [0.15, 0.2) is 79.0 Å². The number of ether oxygens (including phenoxy) is 2. The Morgan fingerprint density at radius 3 is 2.55 bits per heavy atom. The van der Waals surface area contributed by atoms with E-state index in [1.807, 2.05) is 37.5 Å². The molecule has 6 nitrogen and oxygen atoms in total. The highest BCUT2D eigenvalue weighted by molar-refractivity contribution is 6.03. The Balaban J connectivity index is 1.11. The Morgan fingerprint density at radius 2 is 1.77 bits per heavy atom. The van der Waals surface area contributed by atoms with Crippen LogP contribution < -0.4 is 24.3 Å². The number of rotatable bonds is 9. The Kier molecular flexibility index (Phi) is 7.69. The number of carbonyl (C=O) groups is 1. The number of hydrogen-bond donors (Lipinski definition) is 2. The van der Waals surface area contributed by atoms with Crippen LogP contribution in [0.3, 0.4) is 0 Å². The highest BCUT2D eigenvalue weighted by atomic mass is 16.5. The first-order valence-electron chi connectivity index (χ1n) is 14.5. The van der Waals surface area contributed by atoms with Gasteiger partial charge in [-0.15, -0.1) is 0 Å². The van der Waals surface area contributed by atoms with E-state index in [-0.39, 0.29) is 11.7 Å². The zero-order valence-corrected chi connectivity index (χ0v) is 23.5. The van der Waals surface area contributed by atoms with E-state index in [1.165, 1.54) is 31.5 Å². The third-order valence-corrected chi connectivity index (χ3v) is 8.74. The topological polar surface area (TPSA) is 55.9 Å². The highest BCUT2D eigenvalue weighted by Gasteiger charge is 2.35. The number of anilines is 1. The fourth-order valence-electron chi connectivity index (χ4n) is 6.62. The maximum Gasteiger partial charge on any atom is 0.292 e. The van der Waals surface area contributed by atoms with Gasteiger partial charge >= 0.3 is 0 Å². The molecule has 2 aliphatic rings. The molecule has 2 heterocycles. The van der Waals surface area contributed by atoms with E-state index >= 15 is 0 Å². The van der Waals surface area contributed by atoms with Crippen LogP contribution in [0.25, 0.3) is 10.9 Å². The molecule has 6 rings (SSSR count). The fraction of sp³-hybridized carbons (Fsp3) is 0.353. The maximum absolute atomic E-state index is 13.4. The van der Waals surface area contributed by atoms with Crippen LogP contribution in [0, 0.1) is 11.8 Å². The molecule has 0 amide bonds. The zero-order valence-electron chi connectivity index (χ0n) is 23.5. The quantitative estimate of drug-likeness (QED) is 0.310. The van der Waals surface area contributed by atoms with Gasteiger partial charge in [-0.2, -0.15) is 4.57 Å². The summed E-state index contributed by atoms with van der Waals surface area (Å²) >= 11 is 0. The Bertz CT molecular complexity index is 1490. The van der Waals surface area contributed by atoms with E-state index in [0.717, 1.165) is 47.1 Å². The average Bonchev–Trinajstić information content (AvgIpc) is 3.30. The second-order valence-corrected chi connectivity index (χ2v) is 11.3. The summed E-state index contributed by atoms with van der Waals surface area (Å²) < 4.78 is 14.1. The van der Waals surface area contributed by atoms with Crippen molar-refractivity contribution in [2.24, 2.45) is 11.8 Å². The molecule has 0 bridgehead atoms. The van der Waals surface area contributed by atoms with Crippen LogP contribution in [0.5, 0.6) is 11.5 Å². The van der Waals surface area contributed by atoms with Crippen molar-refractivity contribution in [3.05, 3.63) is 95.7 Å². The van der Waals surface area contributed by atoms with E-state index in [1.54, 1.807) is 12.0 Å². The zero-order chi connectivity index (χ0) is 27.5. The van der Waals surface area contributed by atoms with Crippen LogP contribution in [-0.4, -0.2) is 33.0 Å². The van der Waals surface area contributed by atoms with Crippen LogP contribution in [0.4, 0.5) is 5.69 Å². The lowest BCUT2D eigenvalue weighted by Gasteiger charge is -2.30. The summed E-state index contributed by atoms with van der Waals surface area (Å²) in [7, 11) is 3.57. The van der Waals surface area contributed by atoms with Gasteiger partial charge < -0.3 is 19.7 Å². The number of quaternary nitrogens is 1. The summed E-state index contributed by atoms with van der Waals surface area (Å²) in [6.45, 7) is 3.80. The van der Waals surface area contributed by atoms with E-state index < -0.39 is 0 Å². The molecule has 40 heavy (non-hydrogen) atoms. The van der Waals surface area contributed by atoms with Gasteiger partial charge in [0.15, 0.2) is 23.5 Å². The van der Waals surface area contributed by atoms with Crippen LogP contribution in [0.1, 0.15) is 40.7 Å². The second kappa shape index (κ2) is 11.7. The Hall–Kier alpha value is -3.90. The third kappa shape index (κ3) is 5.41. The molecule has 2 N–H and O–H groups in total. The number of carbonyl (C=O) groups excluding carboxylic acids is 1. The first kappa shape index (κ1) is 26.3. The summed E-state index contributed by atoms with van der Waals surface area (Å²) in [5.41, 5.74) is 5.42. The standard InChI is InChI=1S/C34H38N3O3/c1-35-30-12-6-10-26-11-7-15-37(33(26)30)23-40-32-20-27-19-28(34(38)29(27)21-31(32)39-2)18-24-13-16-36(17-14-24)22-25-8-4-3-5-9-25/h3-12,15,20-21,24,28,35H,13-14,16-19,22-23H2,1-2H3/q+1/p+1. The molecule has 0 spiro atoms. The van der Waals surface area contributed by atoms with Crippen molar-refractivity contribution in [2.45, 2.75) is 39.0 Å². The number of likely N-dealkylation sites (tertiary alicyclic amines) is 1. The molecule has 4 aromatic rings. The van der Waals surface area contributed by atoms with E-state index in [4.69, 9.17) is 9.47 Å². The molecule has 0 radical (unpaired) electrons. The lowest BCUT2D eigenvalue weighted by molar-refractivity contribution is -0.919. The molecule has 1 aliphatic heterocycles. The van der Waals surface area contributed by atoms with Crippen LogP contribution >= 0.6 is 0 Å². The SMILES string of the molecule is CNc1cccc2ccc[n+](COc3cc4c(cc3OC)C(=O)C(CC3CC[NH+](Cc5ccccc5)CC3)C4)c12. The molecule has 0 saturated carbocycles. The van der Waals surface area contributed by atoms with Crippen molar-refractivity contribution < 1.29 is 23.7 Å². The molecular formula is C34H39N3O3+2. The number of Topliss-reactive ketones (excluding diaryl/α,β-unsaturated/α-hetero) is 1. The monoisotopic (exact) mass is 537 g/mol. The molecule has 1 aliphatic carbocycles. The molecule has 1 atom stereocenters. The van der Waals surface area contributed by atoms with Gasteiger partial charge in [-0.05, 0) is 67.5 Å². The predicted molar refractivity (Wildman–Crippen MR) is 157 cm³/mol. The van der Waals surface area contributed by atoms with Crippen molar-refractivity contribution in [1.82, 2.24) is 0 Å². The molecule has 3 aromatic carbocycles. The minimum atomic E-state index is 0.0567. The summed E-state index contributed by atoms with van der Waals surface area (Å²) in [4.78, 5) is 15.1. The molecule has 1 unspecified atom stereocenters. The van der Waals surface area contributed by atoms with E-state index in [2.05, 4.69) is 58.4 Å². The Morgan fingerprint density at radius 1 is 0.975 bits per heavy atom. The minimum absolute atomic E-state index is 0.0567. The molecular weight excluding hydrogens is 498 g/mol. The van der Waals surface area contributed by atoms with E-state index in [9.17, 15) is 4.79 Å². The van der Waals surface area contributed by atoms with E-state index in [0.29, 0.717) is 24.1 Å². The van der Waals surface area contributed by atoms with Crippen LogP contribution in [0.2, 0.25) is 0 Å². The number of hydrogen-bond acceptors (Lipinski definition) is 4. The van der Waals surface area contributed by atoms with Gasteiger partial charge in [0.2, 0.25) is 5.52 Å². The van der Waals surface area contributed by atoms with Gasteiger partial charge in [0.1, 0.15) is 12.2 Å². The van der Waals surface area contributed by atoms with Gasteiger partial charge in [-0.1, -0.05) is 36.4 Å². The number of pyridine rings is 1. The van der Waals surface area contributed by atoms with Crippen molar-refractivity contribution in [2.75, 3.05) is 32.6 Å². The first-order valence-corrected chi connectivity index (χ1v) is 14.5. The van der Waals surface area contributed by atoms with Crippen molar-refractivity contribution in [1.29, 1.82) is 0 Å². The first-order chi connectivity index (χ1) is 19.6. The van der Waals surface area contributed by atoms with Gasteiger partial charge in [0, 0.05) is 35.5 Å². The number of fused-ring (bicyclic) bond motifs is 2. The number of methoxy groups -OCH3 is 1. The lowest BCUT2D eigenvalue weighted by Crippen LogP contribution is -3.11. The predicted octanol–water partition coefficient (Wildman–Crippen LogP) is 4.45. The summed E-state index contributed by atoms with van der Waals surface area (Å²) in [5, 5.41) is 4.42. The fourth-order valence-corrected chi connectivity index (χ4v) is 6.62. The molecule has 6 heteroatoms. The molecule has 1 saturated heterocycles. The van der Waals surface area contributed by atoms with Crippen LogP contribution in [-0.2, 0) is 19.7 Å². The number of piperidine rings is 1. The number of aromatic nitrogens is 1. The molecule has 206 valence electrons. The minimum Gasteiger partial charge on any atom is -0.493 e. The molecule has 1 aromatic heterocycles. The number of benzene rings is 3. The van der Waals surface area contributed by atoms with Crippen molar-refractivity contribution >= 4 is 22.4 Å². The Labute approximate surface area is 236 Å². The smallest absolute Gasteiger partial charge is 0.292 e. The van der Waals surface area contributed by atoms with Crippen molar-refractivity contribution in [3.8, 4) is 11.5 Å². The van der Waals surface area contributed by atoms with Gasteiger partial charge in [0.05, 0.1) is 20.2 Å². The largest absolute Gasteiger partial charge is 0.493 e. The van der Waals surface area contributed by atoms with Gasteiger partial charge in [-0.25, -0.2) is 0 Å². The maximum atomic E-state index is 13.4. The lowest BCUT2D eigenvalue weighted by atomic mass is 9.85. The number of para-hydroxylation sites is 1. The number of nitrogens with zero attached hydrogens (tertiary/aromatic N) is 1.